The van der Waals surface area contributed by atoms with Gasteiger partial charge in [0, 0.05) is 13.1 Å². The first-order valence-corrected chi connectivity index (χ1v) is 6.22. The number of likely N-dealkylation sites (N-methyl/N-ethyl adjacent to an activating group) is 1. The number of aromatic carboxylic acids is 1. The molecule has 2 heterocycles. The van der Waals surface area contributed by atoms with Crippen molar-refractivity contribution in [3.05, 3.63) is 29.6 Å². The first-order chi connectivity index (χ1) is 9.15. The minimum Gasteiger partial charge on any atom is -0.477 e. The molecule has 104 valence electrons. The Labute approximate surface area is 112 Å². The van der Waals surface area contributed by atoms with Gasteiger partial charge in [0.15, 0.2) is 0 Å². The Hall–Kier alpha value is -1.50. The first kappa shape index (κ1) is 13.9. The maximum Gasteiger partial charge on any atom is 0.354 e. The molecule has 1 fully saturated rings. The normalized spacial score (nSPS) is 19.6. The van der Waals surface area contributed by atoms with Crippen LogP contribution in [0.5, 0.6) is 0 Å². The lowest BCUT2D eigenvalue weighted by Crippen LogP contribution is -2.38. The maximum atomic E-state index is 10.8. The summed E-state index contributed by atoms with van der Waals surface area (Å²) in [6.45, 7) is 3.21. The Balaban J connectivity index is 1.88. The number of carboxylic acids is 1. The summed E-state index contributed by atoms with van der Waals surface area (Å²) in [4.78, 5) is 17.0. The predicted molar refractivity (Wildman–Crippen MR) is 68.1 cm³/mol. The lowest BCUT2D eigenvalue weighted by atomic mass is 10.2. The molecular weight excluding hydrogens is 248 g/mol. The lowest BCUT2D eigenvalue weighted by molar-refractivity contribution is -0.0963. The van der Waals surface area contributed by atoms with Gasteiger partial charge in [0.25, 0.3) is 0 Å². The zero-order valence-corrected chi connectivity index (χ0v) is 10.9. The molecule has 0 radical (unpaired) electrons. The van der Waals surface area contributed by atoms with Gasteiger partial charge in [0.05, 0.1) is 31.6 Å². The van der Waals surface area contributed by atoms with Crippen molar-refractivity contribution in [2.75, 3.05) is 33.4 Å². The molecule has 0 aliphatic carbocycles. The third-order valence-corrected chi connectivity index (χ3v) is 2.86. The van der Waals surface area contributed by atoms with Crippen LogP contribution in [0.25, 0.3) is 0 Å². The van der Waals surface area contributed by atoms with Crippen molar-refractivity contribution in [2.24, 2.45) is 0 Å². The van der Waals surface area contributed by atoms with E-state index >= 15 is 0 Å². The molecule has 1 aliphatic rings. The Morgan fingerprint density at radius 2 is 2.37 bits per heavy atom. The van der Waals surface area contributed by atoms with E-state index in [4.69, 9.17) is 14.6 Å². The fourth-order valence-corrected chi connectivity index (χ4v) is 2.02. The minimum atomic E-state index is -1.01. The van der Waals surface area contributed by atoms with Crippen LogP contribution in [0.1, 0.15) is 16.2 Å². The van der Waals surface area contributed by atoms with Gasteiger partial charge in [-0.05, 0) is 19.2 Å². The Morgan fingerprint density at radius 3 is 3.05 bits per heavy atom. The fraction of sp³-hybridized carbons (Fsp3) is 0.538. The van der Waals surface area contributed by atoms with Gasteiger partial charge in [-0.15, -0.1) is 0 Å². The van der Waals surface area contributed by atoms with Gasteiger partial charge in [0.2, 0.25) is 0 Å². The van der Waals surface area contributed by atoms with E-state index in [0.717, 1.165) is 12.2 Å². The van der Waals surface area contributed by atoms with E-state index in [1.54, 1.807) is 6.07 Å². The van der Waals surface area contributed by atoms with Gasteiger partial charge < -0.3 is 14.6 Å². The second-order valence-corrected chi connectivity index (χ2v) is 4.58. The van der Waals surface area contributed by atoms with Crippen molar-refractivity contribution >= 4 is 5.97 Å². The molecule has 2 rings (SSSR count). The molecule has 1 atom stereocenters. The van der Waals surface area contributed by atoms with Crippen molar-refractivity contribution in [3.63, 3.8) is 0 Å². The molecule has 1 aromatic heterocycles. The smallest absolute Gasteiger partial charge is 0.354 e. The summed E-state index contributed by atoms with van der Waals surface area (Å²) < 4.78 is 10.9. The van der Waals surface area contributed by atoms with Crippen LogP contribution in [0.3, 0.4) is 0 Å². The van der Waals surface area contributed by atoms with Crippen LogP contribution in [0.15, 0.2) is 18.2 Å². The molecule has 0 spiro atoms. The SMILES string of the molecule is CN(Cc1cccc(C(=O)O)n1)C[C@H]1COCCO1. The maximum absolute atomic E-state index is 10.8. The number of nitrogens with zero attached hydrogens (tertiary/aromatic N) is 2. The molecule has 1 saturated heterocycles. The highest BCUT2D eigenvalue weighted by Crippen LogP contribution is 2.06. The number of hydrogen-bond acceptors (Lipinski definition) is 5. The molecule has 6 heteroatoms. The Kier molecular flexibility index (Phi) is 4.84. The van der Waals surface area contributed by atoms with Gasteiger partial charge in [-0.1, -0.05) is 6.07 Å². The van der Waals surface area contributed by atoms with E-state index in [1.807, 2.05) is 18.0 Å². The molecule has 1 aromatic rings. The van der Waals surface area contributed by atoms with E-state index < -0.39 is 5.97 Å². The second kappa shape index (κ2) is 6.60. The number of aromatic nitrogens is 1. The molecule has 6 nitrogen and oxygen atoms in total. The van der Waals surface area contributed by atoms with E-state index in [1.165, 1.54) is 6.07 Å². The van der Waals surface area contributed by atoms with E-state index in [2.05, 4.69) is 4.98 Å². The van der Waals surface area contributed by atoms with Crippen LogP contribution in [0.4, 0.5) is 0 Å². The summed E-state index contributed by atoms with van der Waals surface area (Å²) in [5, 5.41) is 8.89. The number of hydrogen-bond donors (Lipinski definition) is 1. The number of ether oxygens (including phenoxy) is 2. The molecular formula is C13H18N2O4. The highest BCUT2D eigenvalue weighted by Gasteiger charge is 2.17. The number of rotatable bonds is 5. The number of carbonyl (C=O) groups is 1. The van der Waals surface area contributed by atoms with Crippen LogP contribution in [-0.4, -0.2) is 60.5 Å². The highest BCUT2D eigenvalue weighted by molar-refractivity contribution is 5.85. The molecule has 0 amide bonds. The molecule has 0 aromatic carbocycles. The summed E-state index contributed by atoms with van der Waals surface area (Å²) in [6.07, 6.45) is 0.0707. The summed E-state index contributed by atoms with van der Waals surface area (Å²) >= 11 is 0. The first-order valence-electron chi connectivity index (χ1n) is 6.22. The third kappa shape index (κ3) is 4.27. The summed E-state index contributed by atoms with van der Waals surface area (Å²) in [6, 6.07) is 5.02. The predicted octanol–water partition coefficient (Wildman–Crippen LogP) is 0.627. The van der Waals surface area contributed by atoms with Crippen LogP contribution >= 0.6 is 0 Å². The van der Waals surface area contributed by atoms with Gasteiger partial charge >= 0.3 is 5.97 Å². The van der Waals surface area contributed by atoms with Crippen LogP contribution in [0, 0.1) is 0 Å². The summed E-state index contributed by atoms with van der Waals surface area (Å²) in [5.74, 6) is -1.01. The van der Waals surface area contributed by atoms with Gasteiger partial charge in [-0.3, -0.25) is 4.90 Å². The average Bonchev–Trinajstić information content (AvgIpc) is 2.40. The molecule has 0 bridgehead atoms. The topological polar surface area (TPSA) is 71.9 Å². The largest absolute Gasteiger partial charge is 0.477 e. The van der Waals surface area contributed by atoms with Gasteiger partial charge in [0.1, 0.15) is 5.69 Å². The highest BCUT2D eigenvalue weighted by atomic mass is 16.6. The van der Waals surface area contributed by atoms with Crippen LogP contribution < -0.4 is 0 Å². The number of carboxylic acid groups (broad SMARTS) is 1. The molecule has 1 aliphatic heterocycles. The van der Waals surface area contributed by atoms with Crippen molar-refractivity contribution < 1.29 is 19.4 Å². The second-order valence-electron chi connectivity index (χ2n) is 4.58. The van der Waals surface area contributed by atoms with Crippen molar-refractivity contribution in [1.29, 1.82) is 0 Å². The zero-order valence-electron chi connectivity index (χ0n) is 10.9. The molecule has 1 N–H and O–H groups in total. The van der Waals surface area contributed by atoms with Crippen molar-refractivity contribution in [1.82, 2.24) is 9.88 Å². The minimum absolute atomic E-state index is 0.0707. The number of pyridine rings is 1. The van der Waals surface area contributed by atoms with E-state index in [0.29, 0.717) is 26.4 Å². The molecule has 0 saturated carbocycles. The molecule has 0 unspecified atom stereocenters. The van der Waals surface area contributed by atoms with Gasteiger partial charge in [-0.25, -0.2) is 9.78 Å². The van der Waals surface area contributed by atoms with E-state index in [9.17, 15) is 4.79 Å². The van der Waals surface area contributed by atoms with Crippen molar-refractivity contribution in [2.45, 2.75) is 12.6 Å². The Bertz CT molecular complexity index is 432. The monoisotopic (exact) mass is 266 g/mol. The van der Waals surface area contributed by atoms with Crippen molar-refractivity contribution in [3.8, 4) is 0 Å². The molecule has 19 heavy (non-hydrogen) atoms. The summed E-state index contributed by atoms with van der Waals surface area (Å²) in [7, 11) is 1.95. The van der Waals surface area contributed by atoms with E-state index in [-0.39, 0.29) is 11.8 Å². The lowest BCUT2D eigenvalue weighted by Gasteiger charge is -2.27. The van der Waals surface area contributed by atoms with Crippen LogP contribution in [-0.2, 0) is 16.0 Å². The zero-order chi connectivity index (χ0) is 13.7. The summed E-state index contributed by atoms with van der Waals surface area (Å²) in [5.41, 5.74) is 0.808. The fourth-order valence-electron chi connectivity index (χ4n) is 2.02. The van der Waals surface area contributed by atoms with Gasteiger partial charge in [-0.2, -0.15) is 0 Å². The third-order valence-electron chi connectivity index (χ3n) is 2.86. The average molecular weight is 266 g/mol. The standard InChI is InChI=1S/C13H18N2O4/c1-15(8-11-9-18-5-6-19-11)7-10-3-2-4-12(14-10)13(16)17/h2-4,11H,5-9H2,1H3,(H,16,17)/t11-/m0/s1. The Morgan fingerprint density at radius 1 is 1.53 bits per heavy atom. The quantitative estimate of drug-likeness (QED) is 0.842. The van der Waals surface area contributed by atoms with Crippen LogP contribution in [0.2, 0.25) is 0 Å².